The number of ether oxygens (including phenoxy) is 2. The molecule has 0 aromatic heterocycles. The molecule has 84 valence electrons. The minimum Gasteiger partial charge on any atom is -0.466 e. The van der Waals surface area contributed by atoms with E-state index in [2.05, 4.69) is 16.1 Å². The van der Waals surface area contributed by atoms with Crippen LogP contribution in [0.15, 0.2) is 12.7 Å². The first-order chi connectivity index (χ1) is 7.01. The third kappa shape index (κ3) is 5.61. The maximum Gasteiger partial charge on any atom is 0.337 e. The molecule has 0 bridgehead atoms. The van der Waals surface area contributed by atoms with E-state index < -0.39 is 23.8 Å². The summed E-state index contributed by atoms with van der Waals surface area (Å²) < 4.78 is 8.98. The lowest BCUT2D eigenvalue weighted by Crippen LogP contribution is -2.20. The molecule has 1 unspecified atom stereocenters. The predicted octanol–water partition coefficient (Wildman–Crippen LogP) is 0.831. The highest BCUT2D eigenvalue weighted by molar-refractivity contribution is 5.92. The number of hydrogen-bond acceptors (Lipinski definition) is 5. The summed E-state index contributed by atoms with van der Waals surface area (Å²) in [4.78, 5) is 32.8. The Kier molecular flexibility index (Phi) is 6.01. The number of rotatable bonds is 5. The first-order valence-corrected chi connectivity index (χ1v) is 4.55. The van der Waals surface area contributed by atoms with E-state index >= 15 is 0 Å². The zero-order valence-electron chi connectivity index (χ0n) is 8.82. The smallest absolute Gasteiger partial charge is 0.337 e. The van der Waals surface area contributed by atoms with Gasteiger partial charge in [-0.2, -0.15) is 0 Å². The maximum absolute atomic E-state index is 11.1. The van der Waals surface area contributed by atoms with Crippen LogP contribution in [0.1, 0.15) is 20.3 Å². The van der Waals surface area contributed by atoms with E-state index in [1.54, 1.807) is 6.92 Å². The zero-order chi connectivity index (χ0) is 11.8. The fourth-order valence-electron chi connectivity index (χ4n) is 0.813. The molecule has 0 saturated carbocycles. The highest BCUT2D eigenvalue weighted by atomic mass is 16.6. The quantitative estimate of drug-likeness (QED) is 0.385. The van der Waals surface area contributed by atoms with Gasteiger partial charge in [-0.3, -0.25) is 9.59 Å². The first-order valence-electron chi connectivity index (χ1n) is 4.55. The van der Waals surface area contributed by atoms with Gasteiger partial charge in [-0.15, -0.1) is 0 Å². The molecule has 0 aliphatic heterocycles. The fraction of sp³-hybridized carbons (Fsp3) is 0.500. The van der Waals surface area contributed by atoms with Crippen molar-refractivity contribution in [2.75, 3.05) is 6.61 Å². The summed E-state index contributed by atoms with van der Waals surface area (Å²) in [6.45, 7) is 6.59. The Labute approximate surface area is 88.0 Å². The lowest BCUT2D eigenvalue weighted by atomic mass is 10.1. The van der Waals surface area contributed by atoms with Gasteiger partial charge in [0, 0.05) is 6.08 Å². The van der Waals surface area contributed by atoms with Gasteiger partial charge >= 0.3 is 17.9 Å². The summed E-state index contributed by atoms with van der Waals surface area (Å²) in [5.74, 6) is -2.69. The van der Waals surface area contributed by atoms with Crippen molar-refractivity contribution in [3.63, 3.8) is 0 Å². The van der Waals surface area contributed by atoms with E-state index in [9.17, 15) is 14.4 Å². The molecule has 0 aliphatic rings. The highest BCUT2D eigenvalue weighted by Crippen LogP contribution is 2.06. The Hall–Kier alpha value is -1.65. The molecule has 1 atom stereocenters. The number of hydrogen-bond donors (Lipinski definition) is 0. The van der Waals surface area contributed by atoms with Gasteiger partial charge < -0.3 is 9.47 Å². The van der Waals surface area contributed by atoms with Gasteiger partial charge in [-0.25, -0.2) is 4.79 Å². The largest absolute Gasteiger partial charge is 0.466 e. The van der Waals surface area contributed by atoms with Gasteiger partial charge in [0.15, 0.2) is 0 Å². The van der Waals surface area contributed by atoms with Gasteiger partial charge in [-0.05, 0) is 6.92 Å². The van der Waals surface area contributed by atoms with E-state index in [1.807, 2.05) is 0 Å². The molecule has 0 spiro atoms. The molecule has 0 rings (SSSR count). The van der Waals surface area contributed by atoms with Crippen molar-refractivity contribution < 1.29 is 23.9 Å². The Morgan fingerprint density at radius 1 is 1.40 bits per heavy atom. The van der Waals surface area contributed by atoms with Crippen LogP contribution in [-0.4, -0.2) is 24.5 Å². The van der Waals surface area contributed by atoms with Gasteiger partial charge in [0.1, 0.15) is 0 Å². The van der Waals surface area contributed by atoms with E-state index in [0.29, 0.717) is 0 Å². The Morgan fingerprint density at radius 3 is 2.47 bits per heavy atom. The fourth-order valence-corrected chi connectivity index (χ4v) is 0.813. The predicted molar refractivity (Wildman–Crippen MR) is 51.7 cm³/mol. The first kappa shape index (κ1) is 13.4. The Morgan fingerprint density at radius 2 is 2.00 bits per heavy atom. The standard InChI is InChI=1S/C10H14O5/c1-4-8(11)15-9(12)6-7(3)10(13)14-5-2/h4,7H,1,5-6H2,2-3H3. The number of carbonyl (C=O) groups excluding carboxylic acids is 3. The number of carbonyl (C=O) groups is 3. The topological polar surface area (TPSA) is 69.7 Å². The van der Waals surface area contributed by atoms with Crippen molar-refractivity contribution in [3.8, 4) is 0 Å². The molecule has 15 heavy (non-hydrogen) atoms. The lowest BCUT2D eigenvalue weighted by Gasteiger charge is -2.08. The molecule has 0 radical (unpaired) electrons. The second kappa shape index (κ2) is 6.75. The van der Waals surface area contributed by atoms with Gasteiger partial charge in [-0.1, -0.05) is 13.5 Å². The van der Waals surface area contributed by atoms with E-state index in [1.165, 1.54) is 6.92 Å². The summed E-state index contributed by atoms with van der Waals surface area (Å²) in [5, 5.41) is 0. The minimum atomic E-state index is -0.823. The van der Waals surface area contributed by atoms with Crippen molar-refractivity contribution in [1.29, 1.82) is 0 Å². The molecule has 0 fully saturated rings. The van der Waals surface area contributed by atoms with Crippen LogP contribution in [0.2, 0.25) is 0 Å². The maximum atomic E-state index is 11.1. The van der Waals surface area contributed by atoms with E-state index in [-0.39, 0.29) is 13.0 Å². The SMILES string of the molecule is C=CC(=O)OC(=O)CC(C)C(=O)OCC. The average Bonchev–Trinajstić information content (AvgIpc) is 2.17. The third-order valence-corrected chi connectivity index (χ3v) is 1.54. The van der Waals surface area contributed by atoms with Gasteiger partial charge in [0.05, 0.1) is 18.9 Å². The van der Waals surface area contributed by atoms with E-state index in [0.717, 1.165) is 6.08 Å². The van der Waals surface area contributed by atoms with Crippen LogP contribution >= 0.6 is 0 Å². The van der Waals surface area contributed by atoms with Crippen molar-refractivity contribution >= 4 is 17.9 Å². The normalized spacial score (nSPS) is 11.3. The molecule has 0 aromatic rings. The van der Waals surface area contributed by atoms with Crippen LogP contribution in [0, 0.1) is 5.92 Å². The second-order valence-electron chi connectivity index (χ2n) is 2.85. The van der Waals surface area contributed by atoms with E-state index in [4.69, 9.17) is 0 Å². The Bertz CT molecular complexity index is 269. The molecular weight excluding hydrogens is 200 g/mol. The summed E-state index contributed by atoms with van der Waals surface area (Å²) in [6, 6.07) is 0. The van der Waals surface area contributed by atoms with Crippen LogP contribution in [-0.2, 0) is 23.9 Å². The molecule has 0 amide bonds. The molecule has 5 heteroatoms. The molecule has 0 aromatic carbocycles. The van der Waals surface area contributed by atoms with Crippen LogP contribution in [0.4, 0.5) is 0 Å². The number of esters is 3. The van der Waals surface area contributed by atoms with Crippen molar-refractivity contribution in [1.82, 2.24) is 0 Å². The molecule has 5 nitrogen and oxygen atoms in total. The van der Waals surface area contributed by atoms with Gasteiger partial charge in [0.25, 0.3) is 0 Å². The van der Waals surface area contributed by atoms with Gasteiger partial charge in [0.2, 0.25) is 0 Å². The van der Waals surface area contributed by atoms with Crippen LogP contribution in [0.5, 0.6) is 0 Å². The minimum absolute atomic E-state index is 0.182. The van der Waals surface area contributed by atoms with Crippen LogP contribution in [0.25, 0.3) is 0 Å². The lowest BCUT2D eigenvalue weighted by molar-refractivity contribution is -0.160. The summed E-state index contributed by atoms with van der Waals surface area (Å²) in [5.41, 5.74) is 0. The monoisotopic (exact) mass is 214 g/mol. The second-order valence-corrected chi connectivity index (χ2v) is 2.85. The zero-order valence-corrected chi connectivity index (χ0v) is 8.82. The molecular formula is C10H14O5. The molecule has 0 heterocycles. The van der Waals surface area contributed by atoms with Crippen molar-refractivity contribution in [2.45, 2.75) is 20.3 Å². The molecule has 0 aliphatic carbocycles. The summed E-state index contributed by atoms with van der Waals surface area (Å²) in [6.07, 6.45) is 0.700. The average molecular weight is 214 g/mol. The third-order valence-electron chi connectivity index (χ3n) is 1.54. The summed E-state index contributed by atoms with van der Waals surface area (Å²) in [7, 11) is 0. The van der Waals surface area contributed by atoms with Crippen molar-refractivity contribution in [2.24, 2.45) is 5.92 Å². The van der Waals surface area contributed by atoms with Crippen LogP contribution < -0.4 is 0 Å². The Balaban J connectivity index is 4.00. The molecule has 0 N–H and O–H groups in total. The van der Waals surface area contributed by atoms with Crippen LogP contribution in [0.3, 0.4) is 0 Å². The summed E-state index contributed by atoms with van der Waals surface area (Å²) >= 11 is 0. The van der Waals surface area contributed by atoms with Crippen molar-refractivity contribution in [3.05, 3.63) is 12.7 Å². The molecule has 0 saturated heterocycles. The highest BCUT2D eigenvalue weighted by Gasteiger charge is 2.19.